The fourth-order valence-electron chi connectivity index (χ4n) is 4.48. The Hall–Kier alpha value is -1.21. The molecule has 0 aliphatic carbocycles. The largest absolute Gasteiger partial charge is 0.385 e. The van der Waals surface area contributed by atoms with Crippen LogP contribution in [0.25, 0.3) is 0 Å². The molecule has 3 heteroatoms. The molecule has 0 radical (unpaired) electrons. The van der Waals surface area contributed by atoms with E-state index in [1.165, 1.54) is 95.2 Å². The summed E-state index contributed by atoms with van der Waals surface area (Å²) in [5.74, 6) is 0. The normalized spacial score (nSPS) is 11.6. The Balaban J connectivity index is 1.86. The number of ether oxygens (including phenoxy) is 2. The maximum atomic E-state index is 5.17. The van der Waals surface area contributed by atoms with Gasteiger partial charge < -0.3 is 9.47 Å². The zero-order valence-corrected chi connectivity index (χ0v) is 22.2. The molecule has 2 nitrogen and oxygen atoms in total. The van der Waals surface area contributed by atoms with Gasteiger partial charge in [0.25, 0.3) is 0 Å². The van der Waals surface area contributed by atoms with E-state index >= 15 is 0 Å². The van der Waals surface area contributed by atoms with E-state index in [-0.39, 0.29) is 0 Å². The summed E-state index contributed by atoms with van der Waals surface area (Å²) in [4.78, 5) is 0. The van der Waals surface area contributed by atoms with Crippen LogP contribution in [0.15, 0.2) is 48.5 Å². The van der Waals surface area contributed by atoms with Crippen LogP contribution in [0.3, 0.4) is 0 Å². The maximum Gasteiger partial charge on any atom is 0.0462 e. The number of aryl methyl sites for hydroxylation is 1. The zero-order chi connectivity index (χ0) is 23.4. The summed E-state index contributed by atoms with van der Waals surface area (Å²) in [5, 5.41) is 3.02. The van der Waals surface area contributed by atoms with Crippen LogP contribution in [0.1, 0.15) is 88.2 Å². The molecule has 1 unspecified atom stereocenters. The molecule has 2 rings (SSSR count). The number of benzene rings is 2. The number of unbranched alkanes of at least 4 members (excludes halogenated alkanes) is 10. The summed E-state index contributed by atoms with van der Waals surface area (Å²) >= 11 is 0. The first kappa shape index (κ1) is 28.0. The Kier molecular flexibility index (Phi) is 16.3. The molecule has 0 amide bonds. The quantitative estimate of drug-likeness (QED) is 0.148. The molecular formula is C30H47O2P. The topological polar surface area (TPSA) is 18.5 Å². The van der Waals surface area contributed by atoms with Gasteiger partial charge in [-0.2, -0.15) is 0 Å². The summed E-state index contributed by atoms with van der Waals surface area (Å²) in [7, 11) is 4.36. The van der Waals surface area contributed by atoms with E-state index in [2.05, 4.69) is 48.5 Å². The van der Waals surface area contributed by atoms with Crippen LogP contribution in [0.2, 0.25) is 0 Å². The van der Waals surface area contributed by atoms with E-state index in [1.54, 1.807) is 30.7 Å². The molecule has 0 fully saturated rings. The van der Waals surface area contributed by atoms with Gasteiger partial charge >= 0.3 is 0 Å². The summed E-state index contributed by atoms with van der Waals surface area (Å²) in [6.07, 6.45) is 18.2. The van der Waals surface area contributed by atoms with Crippen LogP contribution in [-0.4, -0.2) is 27.4 Å². The number of methoxy groups -OCH3 is 2. The Labute approximate surface area is 205 Å². The van der Waals surface area contributed by atoms with Crippen molar-refractivity contribution in [1.82, 2.24) is 0 Å². The molecule has 0 aromatic heterocycles. The second-order valence-electron chi connectivity index (χ2n) is 9.16. The lowest BCUT2D eigenvalue weighted by atomic mass is 9.96. The minimum absolute atomic E-state index is 0.763. The van der Waals surface area contributed by atoms with E-state index in [0.29, 0.717) is 0 Å². The van der Waals surface area contributed by atoms with Crippen LogP contribution < -0.4 is 10.6 Å². The highest BCUT2D eigenvalue weighted by Gasteiger charge is 2.09. The molecule has 2 aromatic rings. The summed E-state index contributed by atoms with van der Waals surface area (Å²) in [6.45, 7) is 1.82. The van der Waals surface area contributed by atoms with E-state index < -0.39 is 0 Å². The van der Waals surface area contributed by atoms with Gasteiger partial charge in [0.2, 0.25) is 0 Å². The Bertz CT molecular complexity index is 716. The Morgan fingerprint density at radius 1 is 0.545 bits per heavy atom. The van der Waals surface area contributed by atoms with Gasteiger partial charge in [0.1, 0.15) is 0 Å². The highest BCUT2D eigenvalue weighted by Crippen LogP contribution is 2.22. The molecule has 0 heterocycles. The third kappa shape index (κ3) is 12.7. The first-order valence-electron chi connectivity index (χ1n) is 13.3. The second kappa shape index (κ2) is 19.1. The average molecular weight is 471 g/mol. The fraction of sp³-hybridized carbons (Fsp3) is 0.600. The van der Waals surface area contributed by atoms with Gasteiger partial charge in [0, 0.05) is 27.4 Å². The molecule has 2 aromatic carbocycles. The molecule has 0 aliphatic heterocycles. The SMILES string of the molecule is COCCCCCCCCc1cccc(Pc2ccccc2)c1CCCCCCCCOC. The molecule has 33 heavy (non-hydrogen) atoms. The Morgan fingerprint density at radius 3 is 1.70 bits per heavy atom. The molecular weight excluding hydrogens is 423 g/mol. The highest BCUT2D eigenvalue weighted by atomic mass is 31.1. The lowest BCUT2D eigenvalue weighted by Gasteiger charge is -2.16. The number of hydrogen-bond acceptors (Lipinski definition) is 2. The molecule has 0 saturated heterocycles. The van der Waals surface area contributed by atoms with Crippen molar-refractivity contribution in [3.63, 3.8) is 0 Å². The lowest BCUT2D eigenvalue weighted by Crippen LogP contribution is -2.12. The molecule has 1 atom stereocenters. The smallest absolute Gasteiger partial charge is 0.0462 e. The first-order valence-corrected chi connectivity index (χ1v) is 14.3. The van der Waals surface area contributed by atoms with E-state index in [9.17, 15) is 0 Å². The zero-order valence-electron chi connectivity index (χ0n) is 21.2. The van der Waals surface area contributed by atoms with E-state index in [4.69, 9.17) is 9.47 Å². The van der Waals surface area contributed by atoms with Crippen molar-refractivity contribution in [1.29, 1.82) is 0 Å². The molecule has 0 saturated carbocycles. The van der Waals surface area contributed by atoms with Crippen molar-refractivity contribution >= 4 is 19.2 Å². The minimum Gasteiger partial charge on any atom is -0.385 e. The summed E-state index contributed by atoms with van der Waals surface area (Å²) < 4.78 is 10.3. The van der Waals surface area contributed by atoms with Crippen molar-refractivity contribution in [2.45, 2.75) is 89.9 Å². The molecule has 0 spiro atoms. The molecule has 184 valence electrons. The monoisotopic (exact) mass is 470 g/mol. The van der Waals surface area contributed by atoms with Crippen molar-refractivity contribution < 1.29 is 9.47 Å². The average Bonchev–Trinajstić information content (AvgIpc) is 2.84. The van der Waals surface area contributed by atoms with Crippen LogP contribution in [-0.2, 0) is 22.3 Å². The predicted octanol–water partition coefficient (Wildman–Crippen LogP) is 7.37. The molecule has 0 bridgehead atoms. The summed E-state index contributed by atoms with van der Waals surface area (Å²) in [5.41, 5.74) is 3.26. The highest BCUT2D eigenvalue weighted by molar-refractivity contribution is 7.55. The van der Waals surface area contributed by atoms with Gasteiger partial charge in [-0.15, -0.1) is 0 Å². The molecule has 0 N–H and O–H groups in total. The van der Waals surface area contributed by atoms with Gasteiger partial charge in [-0.1, -0.05) is 108 Å². The standard InChI is InChI=1S/C30H47O2P/c1-31-25-16-9-5-3-7-12-19-27-20-18-24-30(33-28-21-13-11-14-22-28)29(27)23-15-8-4-6-10-17-26-32-2/h11,13-14,18,20-22,24,33H,3-10,12,15-17,19,23,25-26H2,1-2H3. The van der Waals surface area contributed by atoms with Gasteiger partial charge in [-0.05, 0) is 60.3 Å². The van der Waals surface area contributed by atoms with Gasteiger partial charge in [0.05, 0.1) is 0 Å². The van der Waals surface area contributed by atoms with Crippen LogP contribution in [0.4, 0.5) is 0 Å². The number of rotatable bonds is 20. The predicted molar refractivity (Wildman–Crippen MR) is 147 cm³/mol. The maximum absolute atomic E-state index is 5.17. The van der Waals surface area contributed by atoms with Gasteiger partial charge in [-0.25, -0.2) is 0 Å². The third-order valence-electron chi connectivity index (χ3n) is 6.40. The van der Waals surface area contributed by atoms with Gasteiger partial charge in [-0.3, -0.25) is 0 Å². The van der Waals surface area contributed by atoms with Crippen LogP contribution in [0.5, 0.6) is 0 Å². The third-order valence-corrected chi connectivity index (χ3v) is 7.76. The van der Waals surface area contributed by atoms with Crippen LogP contribution >= 0.6 is 8.58 Å². The van der Waals surface area contributed by atoms with Gasteiger partial charge in [0.15, 0.2) is 0 Å². The first-order chi connectivity index (χ1) is 16.3. The summed E-state index contributed by atoms with van der Waals surface area (Å²) in [6, 6.07) is 18.1. The number of hydrogen-bond donors (Lipinski definition) is 0. The van der Waals surface area contributed by atoms with Crippen molar-refractivity contribution in [3.8, 4) is 0 Å². The molecule has 0 aliphatic rings. The van der Waals surface area contributed by atoms with Crippen molar-refractivity contribution in [3.05, 3.63) is 59.7 Å². The second-order valence-corrected chi connectivity index (χ2v) is 10.5. The van der Waals surface area contributed by atoms with Crippen molar-refractivity contribution in [2.24, 2.45) is 0 Å². The lowest BCUT2D eigenvalue weighted by molar-refractivity contribution is 0.192. The van der Waals surface area contributed by atoms with Crippen LogP contribution in [0, 0.1) is 0 Å². The minimum atomic E-state index is 0.763. The van der Waals surface area contributed by atoms with E-state index in [1.807, 2.05) is 0 Å². The Morgan fingerprint density at radius 2 is 1.09 bits per heavy atom. The fourth-order valence-corrected chi connectivity index (χ4v) is 5.77. The van der Waals surface area contributed by atoms with E-state index in [0.717, 1.165) is 21.8 Å². The van der Waals surface area contributed by atoms with Crippen molar-refractivity contribution in [2.75, 3.05) is 27.4 Å².